The first-order valence-corrected chi connectivity index (χ1v) is 5.80. The standard InChI is InChI=1S/C14H18O/c1-10(2)9-12-8-7-11-5-3-4-6-13(11)14(12)15/h3-6,10,12H,7-9H2,1-2H3/t12-/m0/s1. The van der Waals surface area contributed by atoms with Crippen molar-refractivity contribution in [3.05, 3.63) is 35.4 Å². The van der Waals surface area contributed by atoms with Gasteiger partial charge in [0.05, 0.1) is 0 Å². The summed E-state index contributed by atoms with van der Waals surface area (Å²) >= 11 is 0. The normalized spacial score (nSPS) is 20.5. The number of hydrogen-bond acceptors (Lipinski definition) is 1. The number of carbonyl (C=O) groups excluding carboxylic acids is 1. The third-order valence-electron chi connectivity index (χ3n) is 3.17. The Morgan fingerprint density at radius 2 is 2.07 bits per heavy atom. The zero-order valence-corrected chi connectivity index (χ0v) is 9.49. The molecule has 2 rings (SSSR count). The van der Waals surface area contributed by atoms with Gasteiger partial charge in [0.15, 0.2) is 5.78 Å². The first-order chi connectivity index (χ1) is 7.18. The molecule has 1 aliphatic carbocycles. The maximum Gasteiger partial charge on any atom is 0.166 e. The lowest BCUT2D eigenvalue weighted by molar-refractivity contribution is 0.0884. The third-order valence-corrected chi connectivity index (χ3v) is 3.17. The number of rotatable bonds is 2. The van der Waals surface area contributed by atoms with Gasteiger partial charge in [0.25, 0.3) is 0 Å². The first kappa shape index (κ1) is 10.4. The predicted octanol–water partition coefficient (Wildman–Crippen LogP) is 3.48. The highest BCUT2D eigenvalue weighted by Crippen LogP contribution is 2.29. The highest BCUT2D eigenvalue weighted by atomic mass is 16.1. The minimum Gasteiger partial charge on any atom is -0.294 e. The Morgan fingerprint density at radius 1 is 1.33 bits per heavy atom. The van der Waals surface area contributed by atoms with E-state index >= 15 is 0 Å². The summed E-state index contributed by atoms with van der Waals surface area (Å²) < 4.78 is 0. The second-order valence-electron chi connectivity index (χ2n) is 4.89. The quantitative estimate of drug-likeness (QED) is 0.717. The third kappa shape index (κ3) is 2.11. The molecule has 0 fully saturated rings. The summed E-state index contributed by atoms with van der Waals surface area (Å²) in [7, 11) is 0. The Morgan fingerprint density at radius 3 is 2.80 bits per heavy atom. The van der Waals surface area contributed by atoms with Gasteiger partial charge >= 0.3 is 0 Å². The molecule has 1 heteroatoms. The summed E-state index contributed by atoms with van der Waals surface area (Å²) in [6.07, 6.45) is 3.14. The van der Waals surface area contributed by atoms with Crippen LogP contribution in [0.5, 0.6) is 0 Å². The van der Waals surface area contributed by atoms with E-state index < -0.39 is 0 Å². The van der Waals surface area contributed by atoms with E-state index in [4.69, 9.17) is 0 Å². The molecule has 0 bridgehead atoms. The maximum atomic E-state index is 12.2. The highest BCUT2D eigenvalue weighted by molar-refractivity contribution is 6.00. The van der Waals surface area contributed by atoms with Gasteiger partial charge in [-0.1, -0.05) is 38.1 Å². The fourth-order valence-electron chi connectivity index (χ4n) is 2.45. The summed E-state index contributed by atoms with van der Waals surface area (Å²) in [4.78, 5) is 12.2. The molecule has 1 nitrogen and oxygen atoms in total. The average molecular weight is 202 g/mol. The van der Waals surface area contributed by atoms with Crippen molar-refractivity contribution in [2.75, 3.05) is 0 Å². The lowest BCUT2D eigenvalue weighted by Crippen LogP contribution is -2.23. The second-order valence-corrected chi connectivity index (χ2v) is 4.89. The molecule has 15 heavy (non-hydrogen) atoms. The number of ketones is 1. The minimum atomic E-state index is 0.264. The molecule has 0 saturated carbocycles. The molecule has 1 aromatic rings. The second kappa shape index (κ2) is 4.18. The zero-order chi connectivity index (χ0) is 10.8. The number of aryl methyl sites for hydroxylation is 1. The van der Waals surface area contributed by atoms with Gasteiger partial charge in [-0.25, -0.2) is 0 Å². The van der Waals surface area contributed by atoms with E-state index in [0.29, 0.717) is 11.7 Å². The summed E-state index contributed by atoms with van der Waals surface area (Å²) in [6, 6.07) is 8.05. The molecule has 0 aliphatic heterocycles. The Hall–Kier alpha value is -1.11. The first-order valence-electron chi connectivity index (χ1n) is 5.80. The van der Waals surface area contributed by atoms with Crippen molar-refractivity contribution in [2.24, 2.45) is 11.8 Å². The summed E-state index contributed by atoms with van der Waals surface area (Å²) in [5.74, 6) is 1.25. The fraction of sp³-hybridized carbons (Fsp3) is 0.500. The lowest BCUT2D eigenvalue weighted by Gasteiger charge is -2.24. The van der Waals surface area contributed by atoms with Crippen molar-refractivity contribution in [3.63, 3.8) is 0 Å². The largest absolute Gasteiger partial charge is 0.294 e. The smallest absolute Gasteiger partial charge is 0.166 e. The van der Waals surface area contributed by atoms with Gasteiger partial charge in [-0.3, -0.25) is 4.79 Å². The molecular weight excluding hydrogens is 184 g/mol. The van der Waals surface area contributed by atoms with Crippen LogP contribution < -0.4 is 0 Å². The molecule has 0 unspecified atom stereocenters. The summed E-state index contributed by atoms with van der Waals surface area (Å²) in [6.45, 7) is 4.38. The van der Waals surface area contributed by atoms with E-state index in [0.717, 1.165) is 24.8 Å². The number of carbonyl (C=O) groups is 1. The molecule has 1 atom stereocenters. The van der Waals surface area contributed by atoms with Crippen LogP contribution in [-0.4, -0.2) is 5.78 Å². The molecule has 0 saturated heterocycles. The van der Waals surface area contributed by atoms with Crippen LogP contribution in [0.1, 0.15) is 42.6 Å². The molecular formula is C14H18O. The van der Waals surface area contributed by atoms with Crippen molar-refractivity contribution in [2.45, 2.75) is 33.1 Å². The van der Waals surface area contributed by atoms with Crippen molar-refractivity contribution < 1.29 is 4.79 Å². The van der Waals surface area contributed by atoms with Crippen LogP contribution in [0.2, 0.25) is 0 Å². The molecule has 0 N–H and O–H groups in total. The Balaban J connectivity index is 2.22. The maximum absolute atomic E-state index is 12.2. The molecule has 0 aromatic heterocycles. The molecule has 0 radical (unpaired) electrons. The van der Waals surface area contributed by atoms with Crippen LogP contribution >= 0.6 is 0 Å². The van der Waals surface area contributed by atoms with E-state index in [9.17, 15) is 4.79 Å². The Labute approximate surface area is 91.5 Å². The van der Waals surface area contributed by atoms with Crippen LogP contribution in [-0.2, 0) is 6.42 Å². The van der Waals surface area contributed by atoms with Crippen LogP contribution in [0.4, 0.5) is 0 Å². The van der Waals surface area contributed by atoms with Gasteiger partial charge in [-0.2, -0.15) is 0 Å². The number of fused-ring (bicyclic) bond motifs is 1. The van der Waals surface area contributed by atoms with Crippen LogP contribution in [0, 0.1) is 11.8 Å². The van der Waals surface area contributed by atoms with Gasteiger partial charge in [0.2, 0.25) is 0 Å². The van der Waals surface area contributed by atoms with E-state index in [1.165, 1.54) is 5.56 Å². The Bertz CT molecular complexity index is 365. The van der Waals surface area contributed by atoms with E-state index in [-0.39, 0.29) is 5.92 Å². The SMILES string of the molecule is CC(C)C[C@@H]1CCc2ccccc2C1=O. The van der Waals surface area contributed by atoms with E-state index in [1.807, 2.05) is 18.2 Å². The highest BCUT2D eigenvalue weighted by Gasteiger charge is 2.27. The summed E-state index contributed by atoms with van der Waals surface area (Å²) in [5, 5.41) is 0. The number of Topliss-reactive ketones (excluding diaryl/α,β-unsaturated/α-hetero) is 1. The monoisotopic (exact) mass is 202 g/mol. The molecule has 0 heterocycles. The minimum absolute atomic E-state index is 0.264. The van der Waals surface area contributed by atoms with E-state index in [1.54, 1.807) is 0 Å². The molecule has 0 amide bonds. The predicted molar refractivity (Wildman–Crippen MR) is 62.0 cm³/mol. The van der Waals surface area contributed by atoms with Crippen LogP contribution in [0.15, 0.2) is 24.3 Å². The van der Waals surface area contributed by atoms with Gasteiger partial charge in [0.1, 0.15) is 0 Å². The van der Waals surface area contributed by atoms with Crippen molar-refractivity contribution in [1.82, 2.24) is 0 Å². The van der Waals surface area contributed by atoms with Gasteiger partial charge in [0, 0.05) is 11.5 Å². The lowest BCUT2D eigenvalue weighted by atomic mass is 9.79. The molecule has 80 valence electrons. The molecule has 1 aromatic carbocycles. The van der Waals surface area contributed by atoms with Crippen LogP contribution in [0.25, 0.3) is 0 Å². The van der Waals surface area contributed by atoms with Gasteiger partial charge in [-0.15, -0.1) is 0 Å². The van der Waals surface area contributed by atoms with E-state index in [2.05, 4.69) is 19.9 Å². The summed E-state index contributed by atoms with van der Waals surface area (Å²) in [5.41, 5.74) is 2.21. The van der Waals surface area contributed by atoms with Crippen molar-refractivity contribution >= 4 is 5.78 Å². The Kier molecular flexibility index (Phi) is 2.90. The van der Waals surface area contributed by atoms with Crippen molar-refractivity contribution in [1.29, 1.82) is 0 Å². The fourth-order valence-corrected chi connectivity index (χ4v) is 2.45. The molecule has 1 aliphatic rings. The average Bonchev–Trinajstić information content (AvgIpc) is 2.22. The number of benzene rings is 1. The number of hydrogen-bond donors (Lipinski definition) is 0. The van der Waals surface area contributed by atoms with Gasteiger partial charge < -0.3 is 0 Å². The molecule has 0 spiro atoms. The van der Waals surface area contributed by atoms with Crippen LogP contribution in [0.3, 0.4) is 0 Å². The van der Waals surface area contributed by atoms with Gasteiger partial charge in [-0.05, 0) is 30.7 Å². The van der Waals surface area contributed by atoms with Crippen molar-refractivity contribution in [3.8, 4) is 0 Å². The topological polar surface area (TPSA) is 17.1 Å². The zero-order valence-electron chi connectivity index (χ0n) is 9.49.